The molecule has 2 aliphatic rings. The van der Waals surface area contributed by atoms with Crippen LogP contribution in [0.25, 0.3) is 154 Å². The van der Waals surface area contributed by atoms with Gasteiger partial charge in [0.05, 0.1) is 11.4 Å². The molecule has 0 N–H and O–H groups in total. The summed E-state index contributed by atoms with van der Waals surface area (Å²) in [4.78, 5) is 4.39. The number of nitrogens with zero attached hydrogens (tertiary/aromatic N) is 2. The summed E-state index contributed by atoms with van der Waals surface area (Å²) in [6.07, 6.45) is 0. The smallest absolute Gasteiger partial charge is 0.243 e. The normalized spacial score (nSPS) is 11.7. The largest absolute Gasteiger partial charge is 0.456 e. The maximum Gasteiger partial charge on any atom is 0.243 e. The lowest BCUT2D eigenvalue weighted by Gasteiger charge is -2.31. The van der Waals surface area contributed by atoms with Crippen molar-refractivity contribution in [3.05, 3.63) is 531 Å². The number of rotatable bonds is 18. The van der Waals surface area contributed by atoms with Crippen LogP contribution in [0.4, 0.5) is 38.5 Å². The van der Waals surface area contributed by atoms with Crippen molar-refractivity contribution < 1.29 is 13.9 Å². The minimum absolute atomic E-state index is 0.0124. The summed E-state index contributed by atoms with van der Waals surface area (Å²) in [7, 11) is 0. The number of benzene rings is 24. The van der Waals surface area contributed by atoms with Crippen LogP contribution in [0.5, 0.6) is 23.0 Å². The molecule has 0 aromatic heterocycles. The summed E-state index contributed by atoms with van der Waals surface area (Å²) in [5, 5.41) is 14.5. The molecule has 0 radical (unpaired) electrons. The predicted molar refractivity (Wildman–Crippen MR) is 614 cm³/mol. The number of hydrogen-bond donors (Lipinski definition) is 0. The van der Waals surface area contributed by atoms with Gasteiger partial charge in [-0.05, 0) is 283 Å². The fourth-order valence-corrected chi connectivity index (χ4v) is 23.5. The summed E-state index contributed by atoms with van der Waals surface area (Å²) < 4.78 is 31.6. The standard InChI is InChI=1S/C78H59BFNO.C60H40BNO/c1-48-39-50(3)76(51(4)40-48)79(77-52(5)41-49(2)42-53(77)6)70-47-68-65-30-20-32-73-75(65)69(46-67(68)62-28-16-17-29-63(62)70)64-38-35-58(45-74(64)82-73)55-33-36-60(37-34-55)81(72-31-19-18-27-61(72)56-23-12-8-13-24-56)78-66(57-25-14-9-15-26-57)43-59(44-71(78)80)54-21-10-7-11-22-54;1-5-16-44(17-6-1)61(45-18-7-2-8-19-45)46-33-28-42(29-34-46)54-39-56-53-26-15-27-58-60(53)57(40-55(56)51-25-14-13-24-50(51)54)52-37-32-43(38-59(52)63-58)41-30-35-49(36-31-41)62(47-20-9-3-10-21-47)48-22-11-4-12-23-48/h7-47H,1-6H3;1-40H. The number of halogens is 1. The number of hydrogen-bond acceptors (Lipinski definition) is 4. The SMILES string of the molecule is Cc1cc(C)c(B(c2c(C)cc(C)cc2C)c2cc3c4cccc5c4c(cc3c3ccccc23)-c2ccc(-c3ccc(N(c4ccccc4-c4ccccc4)c4c(F)cc(-c6ccccc6)cc4-c4ccccc4)cc3)cc2O5)c(C)c1.c1ccc(B(c2ccccc2)c2ccc(-c3cc4c5cccc6c5c(cc4c4ccccc34)-c3ccc(-c4ccc(N(c5ccccc5)c5ccccc5)cc4)cc3O6)cc2)cc1. The van der Waals surface area contributed by atoms with Crippen molar-refractivity contribution in [3.8, 4) is 112 Å². The van der Waals surface area contributed by atoms with E-state index >= 15 is 4.39 Å². The molecule has 2 heterocycles. The third-order valence-corrected chi connectivity index (χ3v) is 29.8. The molecule has 0 atom stereocenters. The van der Waals surface area contributed by atoms with Crippen molar-refractivity contribution in [2.75, 3.05) is 9.80 Å². The molecule has 24 aromatic rings. The molecular weight excluding hydrogens is 1760 g/mol. The summed E-state index contributed by atoms with van der Waals surface area (Å²) in [5.74, 6) is 3.09. The van der Waals surface area contributed by atoms with E-state index in [0.29, 0.717) is 5.69 Å². The first-order valence-electron chi connectivity index (χ1n) is 50.1. The van der Waals surface area contributed by atoms with E-state index in [0.717, 1.165) is 135 Å². The molecule has 0 unspecified atom stereocenters. The van der Waals surface area contributed by atoms with Crippen molar-refractivity contribution in [2.24, 2.45) is 0 Å². The van der Waals surface area contributed by atoms with Crippen LogP contribution < -0.4 is 52.1 Å². The van der Waals surface area contributed by atoms with Crippen LogP contribution in [0.1, 0.15) is 33.4 Å². The lowest BCUT2D eigenvalue weighted by molar-refractivity contribution is 0.487. The molecule has 24 aromatic carbocycles. The molecule has 4 nitrogen and oxygen atoms in total. The van der Waals surface area contributed by atoms with Crippen molar-refractivity contribution in [2.45, 2.75) is 41.5 Å². The van der Waals surface area contributed by atoms with Crippen molar-refractivity contribution in [1.29, 1.82) is 0 Å². The highest BCUT2D eigenvalue weighted by molar-refractivity contribution is 6.98. The maximum atomic E-state index is 17.7. The molecule has 686 valence electrons. The molecule has 0 saturated heterocycles. The Balaban J connectivity index is 0.000000157. The van der Waals surface area contributed by atoms with Gasteiger partial charge in [0, 0.05) is 55.8 Å². The van der Waals surface area contributed by atoms with Crippen LogP contribution in [0.15, 0.2) is 491 Å². The number of anilines is 6. The number of fused-ring (bicyclic) bond motifs is 12. The topological polar surface area (TPSA) is 24.9 Å². The monoisotopic (exact) mass is 1860 g/mol. The highest BCUT2D eigenvalue weighted by Gasteiger charge is 2.35. The zero-order valence-corrected chi connectivity index (χ0v) is 81.5. The van der Waals surface area contributed by atoms with Gasteiger partial charge in [-0.1, -0.05) is 436 Å². The first-order chi connectivity index (χ1) is 71.3. The molecule has 0 fully saturated rings. The molecular formula is C138H99B2FN2O2. The zero-order valence-electron chi connectivity index (χ0n) is 81.5. The number of ether oxygens (including phenoxy) is 2. The van der Waals surface area contributed by atoms with Crippen LogP contribution in [-0.2, 0) is 0 Å². The van der Waals surface area contributed by atoms with Crippen LogP contribution in [0.3, 0.4) is 0 Å². The molecule has 0 spiro atoms. The zero-order chi connectivity index (χ0) is 97.4. The average Bonchev–Trinajstić information content (AvgIpc) is 0.709. The third kappa shape index (κ3) is 16.1. The van der Waals surface area contributed by atoms with Gasteiger partial charge in [-0.2, -0.15) is 0 Å². The fourth-order valence-electron chi connectivity index (χ4n) is 23.5. The Kier molecular flexibility index (Phi) is 22.8. The van der Waals surface area contributed by atoms with Gasteiger partial charge in [-0.25, -0.2) is 4.39 Å². The van der Waals surface area contributed by atoms with Crippen molar-refractivity contribution in [3.63, 3.8) is 0 Å². The Hall–Kier alpha value is -17.9. The third-order valence-electron chi connectivity index (χ3n) is 29.8. The lowest BCUT2D eigenvalue weighted by Crippen LogP contribution is -2.56. The Labute approximate surface area is 846 Å². The van der Waals surface area contributed by atoms with Crippen LogP contribution in [0, 0.1) is 47.4 Å². The summed E-state index contributed by atoms with van der Waals surface area (Å²) >= 11 is 0. The number of aryl methyl sites for hydroxylation is 6. The van der Waals surface area contributed by atoms with Crippen molar-refractivity contribution in [1.82, 2.24) is 0 Å². The first-order valence-corrected chi connectivity index (χ1v) is 50.1. The highest BCUT2D eigenvalue weighted by atomic mass is 19.1. The lowest BCUT2D eigenvalue weighted by atomic mass is 9.33. The van der Waals surface area contributed by atoms with Gasteiger partial charge >= 0.3 is 0 Å². The minimum Gasteiger partial charge on any atom is -0.456 e. The molecule has 0 saturated carbocycles. The molecule has 0 bridgehead atoms. The van der Waals surface area contributed by atoms with E-state index in [9.17, 15) is 0 Å². The summed E-state index contributed by atoms with van der Waals surface area (Å²) in [6, 6.07) is 175. The minimum atomic E-state index is -0.320. The van der Waals surface area contributed by atoms with E-state index < -0.39 is 0 Å². The van der Waals surface area contributed by atoms with Gasteiger partial charge in [-0.3, -0.25) is 0 Å². The van der Waals surface area contributed by atoms with E-state index in [1.165, 1.54) is 137 Å². The van der Waals surface area contributed by atoms with Crippen LogP contribution >= 0.6 is 0 Å². The van der Waals surface area contributed by atoms with E-state index in [2.05, 4.69) is 476 Å². The van der Waals surface area contributed by atoms with Gasteiger partial charge in [0.2, 0.25) is 13.4 Å². The van der Waals surface area contributed by atoms with E-state index in [1.54, 1.807) is 6.07 Å². The number of para-hydroxylation sites is 3. The van der Waals surface area contributed by atoms with Gasteiger partial charge in [0.25, 0.3) is 0 Å². The first kappa shape index (κ1) is 88.5. The van der Waals surface area contributed by atoms with Gasteiger partial charge in [-0.15, -0.1) is 0 Å². The Bertz CT molecular complexity index is 8990. The van der Waals surface area contributed by atoms with Gasteiger partial charge < -0.3 is 19.3 Å². The molecule has 26 rings (SSSR count). The van der Waals surface area contributed by atoms with Crippen LogP contribution in [0.2, 0.25) is 0 Å². The quantitative estimate of drug-likeness (QED) is 0.0631. The van der Waals surface area contributed by atoms with E-state index in [-0.39, 0.29) is 19.2 Å². The Morgan fingerprint density at radius 2 is 0.552 bits per heavy atom. The van der Waals surface area contributed by atoms with Gasteiger partial charge in [0.1, 0.15) is 28.8 Å². The second-order valence-electron chi connectivity index (χ2n) is 38.8. The van der Waals surface area contributed by atoms with Crippen LogP contribution in [-0.4, -0.2) is 13.4 Å². The molecule has 0 amide bonds. The molecule has 7 heteroatoms. The van der Waals surface area contributed by atoms with E-state index in [1.807, 2.05) is 60.7 Å². The summed E-state index contributed by atoms with van der Waals surface area (Å²) in [5.41, 5.74) is 38.0. The Morgan fingerprint density at radius 1 is 0.200 bits per heavy atom. The van der Waals surface area contributed by atoms with E-state index in [4.69, 9.17) is 9.47 Å². The van der Waals surface area contributed by atoms with Crippen molar-refractivity contribution >= 4 is 145 Å². The molecule has 2 aliphatic heterocycles. The maximum absolute atomic E-state index is 17.7. The summed E-state index contributed by atoms with van der Waals surface area (Å²) in [6.45, 7) is 13.7. The fraction of sp³-hybridized carbons (Fsp3) is 0.0435. The van der Waals surface area contributed by atoms with Gasteiger partial charge in [0.15, 0.2) is 0 Å². The average molecular weight is 1860 g/mol. The Morgan fingerprint density at radius 3 is 1.05 bits per heavy atom. The molecule has 145 heavy (non-hydrogen) atoms. The predicted octanol–water partition coefficient (Wildman–Crippen LogP) is 33.8. The second-order valence-corrected chi connectivity index (χ2v) is 38.8. The highest BCUT2D eigenvalue weighted by Crippen LogP contribution is 2.55. The molecule has 0 aliphatic carbocycles. The second kappa shape index (κ2) is 37.3.